The Balaban J connectivity index is 2.78. The van der Waals surface area contributed by atoms with E-state index in [0.29, 0.717) is 12.8 Å². The van der Waals surface area contributed by atoms with Gasteiger partial charge >= 0.3 is 5.97 Å². The van der Waals surface area contributed by atoms with Gasteiger partial charge in [0, 0.05) is 0 Å². The summed E-state index contributed by atoms with van der Waals surface area (Å²) in [5, 5.41) is 9.02. The maximum absolute atomic E-state index is 13.1. The summed E-state index contributed by atoms with van der Waals surface area (Å²) in [7, 11) is 0. The van der Waals surface area contributed by atoms with Crippen LogP contribution in [0.25, 0.3) is 0 Å². The van der Waals surface area contributed by atoms with Gasteiger partial charge in [-0.2, -0.15) is 0 Å². The molecule has 0 amide bonds. The van der Waals surface area contributed by atoms with Crippen molar-refractivity contribution in [1.82, 2.24) is 0 Å². The third-order valence-corrected chi connectivity index (χ3v) is 3.22. The lowest BCUT2D eigenvalue weighted by Gasteiger charge is -2.39. The zero-order chi connectivity index (χ0) is 10.9. The normalized spacial score (nSPS) is 34.1. The minimum atomic E-state index is -0.922. The number of hydrogen-bond acceptors (Lipinski definition) is 1. The Hall–Kier alpha value is -0.600. The van der Waals surface area contributed by atoms with Crippen LogP contribution >= 0.6 is 0 Å². The molecule has 82 valence electrons. The molecule has 1 aliphatic carbocycles. The molecule has 3 heteroatoms. The molecule has 0 heterocycles. The Bertz CT molecular complexity index is 220. The van der Waals surface area contributed by atoms with Crippen LogP contribution < -0.4 is 0 Å². The molecule has 0 aromatic rings. The summed E-state index contributed by atoms with van der Waals surface area (Å²) < 4.78 is 13.1. The highest BCUT2D eigenvalue weighted by Crippen LogP contribution is 2.42. The van der Waals surface area contributed by atoms with E-state index >= 15 is 0 Å². The summed E-state index contributed by atoms with van der Waals surface area (Å²) in [5.74, 6) is -1.24. The zero-order valence-electron chi connectivity index (χ0n) is 9.09. The summed E-state index contributed by atoms with van der Waals surface area (Å²) in [6, 6.07) is 0. The Kier molecular flexibility index (Phi) is 3.17. The number of carboxylic acids is 1. The SMILES string of the molecule is CC(C)(C)C1CCC(F)CC1C(=O)O. The molecule has 0 aromatic carbocycles. The van der Waals surface area contributed by atoms with Crippen LogP contribution in [0.1, 0.15) is 40.0 Å². The van der Waals surface area contributed by atoms with Crippen molar-refractivity contribution in [3.05, 3.63) is 0 Å². The maximum Gasteiger partial charge on any atom is 0.306 e. The van der Waals surface area contributed by atoms with Crippen LogP contribution in [0.4, 0.5) is 4.39 Å². The van der Waals surface area contributed by atoms with Gasteiger partial charge in [0.05, 0.1) is 5.92 Å². The van der Waals surface area contributed by atoms with Crippen molar-refractivity contribution in [3.8, 4) is 0 Å². The lowest BCUT2D eigenvalue weighted by Crippen LogP contribution is -2.38. The van der Waals surface area contributed by atoms with Crippen molar-refractivity contribution < 1.29 is 14.3 Å². The van der Waals surface area contributed by atoms with E-state index in [1.165, 1.54) is 0 Å². The predicted octanol–water partition coefficient (Wildman–Crippen LogP) is 2.87. The van der Waals surface area contributed by atoms with Gasteiger partial charge in [0.15, 0.2) is 0 Å². The average molecular weight is 202 g/mol. The first kappa shape index (κ1) is 11.5. The fourth-order valence-corrected chi connectivity index (χ4v) is 2.43. The second-order valence-corrected chi connectivity index (χ2v) is 5.33. The van der Waals surface area contributed by atoms with Gasteiger partial charge in [-0.25, -0.2) is 4.39 Å². The van der Waals surface area contributed by atoms with Gasteiger partial charge in [0.2, 0.25) is 0 Å². The van der Waals surface area contributed by atoms with E-state index in [0.717, 1.165) is 0 Å². The molecule has 0 aliphatic heterocycles. The van der Waals surface area contributed by atoms with Crippen molar-refractivity contribution in [1.29, 1.82) is 0 Å². The number of alkyl halides is 1. The highest BCUT2D eigenvalue weighted by atomic mass is 19.1. The van der Waals surface area contributed by atoms with E-state index in [-0.39, 0.29) is 17.8 Å². The van der Waals surface area contributed by atoms with Gasteiger partial charge in [-0.15, -0.1) is 0 Å². The van der Waals surface area contributed by atoms with E-state index in [2.05, 4.69) is 0 Å². The molecule has 0 aromatic heterocycles. The maximum atomic E-state index is 13.1. The van der Waals surface area contributed by atoms with Crippen LogP contribution in [0.15, 0.2) is 0 Å². The lowest BCUT2D eigenvalue weighted by molar-refractivity contribution is -0.148. The van der Waals surface area contributed by atoms with Gasteiger partial charge in [-0.05, 0) is 30.6 Å². The van der Waals surface area contributed by atoms with Crippen LogP contribution in [0.2, 0.25) is 0 Å². The first-order chi connectivity index (χ1) is 6.32. The Morgan fingerprint density at radius 2 is 1.93 bits per heavy atom. The molecule has 0 bridgehead atoms. The highest BCUT2D eigenvalue weighted by Gasteiger charge is 2.41. The smallest absolute Gasteiger partial charge is 0.306 e. The van der Waals surface area contributed by atoms with Crippen molar-refractivity contribution in [3.63, 3.8) is 0 Å². The minimum absolute atomic E-state index is 0.0385. The van der Waals surface area contributed by atoms with Crippen molar-refractivity contribution in [2.24, 2.45) is 17.3 Å². The standard InChI is InChI=1S/C11H19FO2/c1-11(2,3)9-5-4-7(12)6-8(9)10(13)14/h7-9H,4-6H2,1-3H3,(H,13,14). The zero-order valence-corrected chi connectivity index (χ0v) is 9.09. The molecule has 1 fully saturated rings. The number of carboxylic acid groups (broad SMARTS) is 1. The number of aliphatic carboxylic acids is 1. The first-order valence-corrected chi connectivity index (χ1v) is 5.19. The summed E-state index contributed by atoms with van der Waals surface area (Å²) in [6.45, 7) is 6.10. The summed E-state index contributed by atoms with van der Waals surface area (Å²) in [4.78, 5) is 11.0. The quantitative estimate of drug-likeness (QED) is 0.710. The fraction of sp³-hybridized carbons (Fsp3) is 0.909. The molecule has 3 atom stereocenters. The van der Waals surface area contributed by atoms with E-state index in [1.807, 2.05) is 20.8 Å². The van der Waals surface area contributed by atoms with Gasteiger partial charge < -0.3 is 5.11 Å². The molecular weight excluding hydrogens is 183 g/mol. The summed E-state index contributed by atoms with van der Waals surface area (Å²) in [5.41, 5.74) is -0.0385. The van der Waals surface area contributed by atoms with Crippen LogP contribution in [0, 0.1) is 17.3 Å². The van der Waals surface area contributed by atoms with Crippen LogP contribution in [-0.2, 0) is 4.79 Å². The Morgan fingerprint density at radius 1 is 1.36 bits per heavy atom. The number of halogens is 1. The predicted molar refractivity (Wildman–Crippen MR) is 52.8 cm³/mol. The topological polar surface area (TPSA) is 37.3 Å². The van der Waals surface area contributed by atoms with Crippen molar-refractivity contribution in [2.45, 2.75) is 46.2 Å². The molecule has 1 N–H and O–H groups in total. The molecule has 3 unspecified atom stereocenters. The molecule has 2 nitrogen and oxygen atoms in total. The van der Waals surface area contributed by atoms with Gasteiger partial charge in [0.25, 0.3) is 0 Å². The van der Waals surface area contributed by atoms with Crippen molar-refractivity contribution in [2.75, 3.05) is 0 Å². The van der Waals surface area contributed by atoms with Crippen LogP contribution in [0.3, 0.4) is 0 Å². The third-order valence-electron chi connectivity index (χ3n) is 3.22. The highest BCUT2D eigenvalue weighted by molar-refractivity contribution is 5.70. The molecule has 1 saturated carbocycles. The number of hydrogen-bond donors (Lipinski definition) is 1. The third kappa shape index (κ3) is 2.46. The Labute approximate surface area is 84.5 Å². The van der Waals surface area contributed by atoms with Gasteiger partial charge in [-0.1, -0.05) is 20.8 Å². The number of rotatable bonds is 1. The van der Waals surface area contributed by atoms with E-state index in [4.69, 9.17) is 5.11 Å². The molecule has 14 heavy (non-hydrogen) atoms. The fourth-order valence-electron chi connectivity index (χ4n) is 2.43. The minimum Gasteiger partial charge on any atom is -0.481 e. The summed E-state index contributed by atoms with van der Waals surface area (Å²) >= 11 is 0. The molecule has 1 aliphatic rings. The first-order valence-electron chi connectivity index (χ1n) is 5.19. The van der Waals surface area contributed by atoms with Gasteiger partial charge in [-0.3, -0.25) is 4.79 Å². The monoisotopic (exact) mass is 202 g/mol. The van der Waals surface area contributed by atoms with Crippen LogP contribution in [-0.4, -0.2) is 17.2 Å². The second-order valence-electron chi connectivity index (χ2n) is 5.33. The molecule has 0 saturated heterocycles. The molecular formula is C11H19FO2. The van der Waals surface area contributed by atoms with Crippen molar-refractivity contribution >= 4 is 5.97 Å². The second kappa shape index (κ2) is 3.87. The molecule has 1 rings (SSSR count). The average Bonchev–Trinajstić information content (AvgIpc) is 2.01. The molecule has 0 spiro atoms. The van der Waals surface area contributed by atoms with E-state index < -0.39 is 18.1 Å². The molecule has 0 radical (unpaired) electrons. The lowest BCUT2D eigenvalue weighted by atomic mass is 9.66. The number of carbonyl (C=O) groups is 1. The van der Waals surface area contributed by atoms with Gasteiger partial charge in [0.1, 0.15) is 6.17 Å². The summed E-state index contributed by atoms with van der Waals surface area (Å²) in [6.07, 6.45) is 0.486. The largest absolute Gasteiger partial charge is 0.481 e. The van der Waals surface area contributed by atoms with Crippen LogP contribution in [0.5, 0.6) is 0 Å². The Morgan fingerprint density at radius 3 is 2.36 bits per heavy atom. The van der Waals surface area contributed by atoms with E-state index in [9.17, 15) is 9.18 Å². The van der Waals surface area contributed by atoms with E-state index in [1.54, 1.807) is 0 Å².